The first-order valence-corrected chi connectivity index (χ1v) is 8.69. The first kappa shape index (κ1) is 15.1. The molecule has 7 heteroatoms. The van der Waals surface area contributed by atoms with Crippen molar-refractivity contribution in [3.8, 4) is 0 Å². The molecule has 1 aromatic heterocycles. The molecule has 2 N–H and O–H groups in total. The zero-order valence-corrected chi connectivity index (χ0v) is 13.4. The molecule has 126 valence electrons. The van der Waals surface area contributed by atoms with E-state index in [1.165, 1.54) is 0 Å². The quantitative estimate of drug-likeness (QED) is 0.755. The van der Waals surface area contributed by atoms with Gasteiger partial charge in [-0.2, -0.15) is 0 Å². The van der Waals surface area contributed by atoms with Gasteiger partial charge in [0.15, 0.2) is 0 Å². The summed E-state index contributed by atoms with van der Waals surface area (Å²) in [6.45, 7) is 5.91. The average molecular weight is 319 g/mol. The van der Waals surface area contributed by atoms with Crippen molar-refractivity contribution in [2.24, 2.45) is 0 Å². The van der Waals surface area contributed by atoms with Crippen molar-refractivity contribution < 1.29 is 9.90 Å². The van der Waals surface area contributed by atoms with Gasteiger partial charge in [-0.3, -0.25) is 9.69 Å². The Morgan fingerprint density at radius 3 is 2.74 bits per heavy atom. The number of β-amino-alcohol motifs (C(OH)–C–C–N with tert-alkyl or cyclic N) is 1. The van der Waals surface area contributed by atoms with Crippen LogP contribution in [0.5, 0.6) is 0 Å². The van der Waals surface area contributed by atoms with Gasteiger partial charge in [-0.05, 0) is 12.8 Å². The molecule has 0 aromatic carbocycles. The molecule has 23 heavy (non-hydrogen) atoms. The molecule has 3 aliphatic heterocycles. The van der Waals surface area contributed by atoms with Gasteiger partial charge in [0.05, 0.1) is 6.10 Å². The number of likely N-dealkylation sites (tertiary alicyclic amines) is 2. The minimum Gasteiger partial charge on any atom is -0.390 e. The number of carbonyl (C=O) groups excluding carboxylic acids is 1. The maximum atomic E-state index is 12.7. The number of nitrogens with zero attached hydrogens (tertiary/aromatic N) is 4. The van der Waals surface area contributed by atoms with Gasteiger partial charge in [0.1, 0.15) is 11.5 Å². The molecule has 4 heterocycles. The number of hydrogen-bond donors (Lipinski definition) is 2. The summed E-state index contributed by atoms with van der Waals surface area (Å²) in [5, 5.41) is 12.8. The van der Waals surface area contributed by atoms with Crippen LogP contribution in [0.2, 0.25) is 0 Å². The summed E-state index contributed by atoms with van der Waals surface area (Å²) in [5.74, 6) is 1.09. The van der Waals surface area contributed by atoms with Crippen molar-refractivity contribution in [3.63, 3.8) is 0 Å². The van der Waals surface area contributed by atoms with Crippen molar-refractivity contribution in [1.29, 1.82) is 0 Å². The van der Waals surface area contributed by atoms with Crippen molar-refractivity contribution in [1.82, 2.24) is 24.7 Å². The third-order valence-corrected chi connectivity index (χ3v) is 5.29. The second kappa shape index (κ2) is 6.22. The summed E-state index contributed by atoms with van der Waals surface area (Å²) in [7, 11) is 0. The Labute approximate surface area is 136 Å². The molecular formula is C16H25N5O2. The molecule has 1 amide bonds. The molecule has 0 unspecified atom stereocenters. The number of imidazole rings is 1. The fourth-order valence-corrected chi connectivity index (χ4v) is 3.86. The molecule has 0 bridgehead atoms. The van der Waals surface area contributed by atoms with E-state index in [4.69, 9.17) is 0 Å². The smallest absolute Gasteiger partial charge is 0.274 e. The van der Waals surface area contributed by atoms with Crippen LogP contribution in [0.4, 0.5) is 0 Å². The molecule has 0 saturated carbocycles. The second-order valence-corrected chi connectivity index (χ2v) is 6.87. The maximum Gasteiger partial charge on any atom is 0.274 e. The van der Waals surface area contributed by atoms with Gasteiger partial charge in [-0.15, -0.1) is 0 Å². The van der Waals surface area contributed by atoms with Crippen molar-refractivity contribution in [2.45, 2.75) is 38.0 Å². The van der Waals surface area contributed by atoms with Gasteiger partial charge in [-0.25, -0.2) is 4.98 Å². The molecule has 4 rings (SSSR count). The van der Waals surface area contributed by atoms with Gasteiger partial charge >= 0.3 is 0 Å². The summed E-state index contributed by atoms with van der Waals surface area (Å²) in [6, 6.07) is 0.521. The first-order chi connectivity index (χ1) is 11.2. The molecule has 1 aromatic rings. The van der Waals surface area contributed by atoms with Crippen molar-refractivity contribution >= 4 is 5.91 Å². The highest BCUT2D eigenvalue weighted by molar-refractivity contribution is 5.92. The monoisotopic (exact) mass is 319 g/mol. The predicted molar refractivity (Wildman–Crippen MR) is 85.3 cm³/mol. The highest BCUT2D eigenvalue weighted by atomic mass is 16.3. The standard InChI is InChI=1S/C16H25N5O2/c22-13-9-21(10-13)12-2-6-19(7-3-12)16(23)14-11-20-8-5-17-4-1-15(20)18-14/h11-13,17,22H,1-10H2. The van der Waals surface area contributed by atoms with Crippen LogP contribution in [0, 0.1) is 0 Å². The zero-order valence-electron chi connectivity index (χ0n) is 13.4. The van der Waals surface area contributed by atoms with Gasteiger partial charge in [0, 0.05) is 64.5 Å². The zero-order chi connectivity index (χ0) is 15.8. The van der Waals surface area contributed by atoms with Gasteiger partial charge in [0.25, 0.3) is 5.91 Å². The van der Waals surface area contributed by atoms with Gasteiger partial charge < -0.3 is 19.9 Å². The molecule has 0 radical (unpaired) electrons. The minimum absolute atomic E-state index is 0.0700. The lowest BCUT2D eigenvalue weighted by molar-refractivity contribution is -0.0381. The van der Waals surface area contributed by atoms with Crippen LogP contribution in [0.1, 0.15) is 29.2 Å². The number of nitrogens with one attached hydrogen (secondary N) is 1. The third kappa shape index (κ3) is 3.00. The number of aliphatic hydroxyl groups excluding tert-OH is 1. The highest BCUT2D eigenvalue weighted by Gasteiger charge is 2.34. The van der Waals surface area contributed by atoms with Crippen LogP contribution >= 0.6 is 0 Å². The van der Waals surface area contributed by atoms with Crippen LogP contribution in [0.3, 0.4) is 0 Å². The number of aliphatic hydroxyl groups is 1. The number of rotatable bonds is 2. The summed E-state index contributed by atoms with van der Waals surface area (Å²) in [5.41, 5.74) is 0.597. The Bertz CT molecular complexity index is 550. The van der Waals surface area contributed by atoms with E-state index in [1.54, 1.807) is 0 Å². The summed E-state index contributed by atoms with van der Waals surface area (Å²) in [6.07, 6.45) is 4.64. The summed E-state index contributed by atoms with van der Waals surface area (Å²) in [4.78, 5) is 21.5. The lowest BCUT2D eigenvalue weighted by Gasteiger charge is -2.45. The fraction of sp³-hybridized carbons (Fsp3) is 0.750. The molecule has 2 saturated heterocycles. The lowest BCUT2D eigenvalue weighted by Crippen LogP contribution is -2.58. The number of hydrogen-bond acceptors (Lipinski definition) is 5. The number of fused-ring (bicyclic) bond motifs is 1. The summed E-state index contributed by atoms with van der Waals surface area (Å²) < 4.78 is 2.11. The van der Waals surface area contributed by atoms with Crippen LogP contribution in [-0.2, 0) is 13.0 Å². The fourth-order valence-electron chi connectivity index (χ4n) is 3.86. The maximum absolute atomic E-state index is 12.7. The van der Waals surface area contributed by atoms with E-state index in [1.807, 2.05) is 11.1 Å². The van der Waals surface area contributed by atoms with E-state index in [2.05, 4.69) is 19.8 Å². The van der Waals surface area contributed by atoms with E-state index in [-0.39, 0.29) is 12.0 Å². The number of carbonyl (C=O) groups is 1. The molecule has 3 aliphatic rings. The average Bonchev–Trinajstić information content (AvgIpc) is 2.82. The molecular weight excluding hydrogens is 294 g/mol. The Kier molecular flexibility index (Phi) is 4.09. The SMILES string of the molecule is O=C(c1cn2c(n1)CCNCC2)N1CCC(N2CC(O)C2)CC1. The molecule has 0 spiro atoms. The molecule has 2 fully saturated rings. The van der Waals surface area contributed by atoms with Crippen LogP contribution in [0.25, 0.3) is 0 Å². The number of aromatic nitrogens is 2. The predicted octanol–water partition coefficient (Wildman–Crippen LogP) is -0.690. The van der Waals surface area contributed by atoms with Crippen LogP contribution in [0.15, 0.2) is 6.20 Å². The Hall–Kier alpha value is -1.44. The number of amides is 1. The van der Waals surface area contributed by atoms with E-state index in [0.717, 1.165) is 70.9 Å². The summed E-state index contributed by atoms with van der Waals surface area (Å²) >= 11 is 0. The van der Waals surface area contributed by atoms with E-state index < -0.39 is 0 Å². The van der Waals surface area contributed by atoms with Crippen LogP contribution in [-0.4, -0.2) is 81.8 Å². The highest BCUT2D eigenvalue weighted by Crippen LogP contribution is 2.22. The Balaban J connectivity index is 1.36. The lowest BCUT2D eigenvalue weighted by atomic mass is 9.98. The second-order valence-electron chi connectivity index (χ2n) is 6.87. The first-order valence-electron chi connectivity index (χ1n) is 8.69. The Morgan fingerprint density at radius 2 is 2.00 bits per heavy atom. The van der Waals surface area contributed by atoms with Gasteiger partial charge in [0.2, 0.25) is 0 Å². The topological polar surface area (TPSA) is 73.6 Å². The van der Waals surface area contributed by atoms with E-state index in [0.29, 0.717) is 11.7 Å². The minimum atomic E-state index is -0.148. The third-order valence-electron chi connectivity index (χ3n) is 5.29. The normalized spacial score (nSPS) is 24.1. The molecule has 7 nitrogen and oxygen atoms in total. The van der Waals surface area contributed by atoms with E-state index >= 15 is 0 Å². The van der Waals surface area contributed by atoms with E-state index in [9.17, 15) is 9.90 Å². The van der Waals surface area contributed by atoms with Crippen molar-refractivity contribution in [3.05, 3.63) is 17.7 Å². The largest absolute Gasteiger partial charge is 0.390 e. The van der Waals surface area contributed by atoms with Crippen LogP contribution < -0.4 is 5.32 Å². The Morgan fingerprint density at radius 1 is 1.22 bits per heavy atom. The van der Waals surface area contributed by atoms with Crippen molar-refractivity contribution in [2.75, 3.05) is 39.3 Å². The number of piperidine rings is 1. The van der Waals surface area contributed by atoms with Gasteiger partial charge in [-0.1, -0.05) is 0 Å². The molecule has 0 aliphatic carbocycles. The molecule has 0 atom stereocenters.